The lowest BCUT2D eigenvalue weighted by molar-refractivity contribution is -0.125. The average molecular weight is 367 g/mol. The molecule has 0 spiro atoms. The highest BCUT2D eigenvalue weighted by Crippen LogP contribution is 2.28. The van der Waals surface area contributed by atoms with Gasteiger partial charge < -0.3 is 15.8 Å². The number of likely N-dealkylation sites (tertiary alicyclic amines) is 1. The van der Waals surface area contributed by atoms with Crippen LogP contribution in [0.15, 0.2) is 54.6 Å². The number of nitrogens with zero attached hydrogens (tertiary/aromatic N) is 1. The van der Waals surface area contributed by atoms with Crippen LogP contribution in [0.4, 0.5) is 5.69 Å². The van der Waals surface area contributed by atoms with Crippen LogP contribution >= 0.6 is 0 Å². The molecule has 6 nitrogen and oxygen atoms in total. The maximum atomic E-state index is 13.1. The summed E-state index contributed by atoms with van der Waals surface area (Å²) in [5.74, 6) is 0.212. The van der Waals surface area contributed by atoms with Gasteiger partial charge in [0.2, 0.25) is 11.8 Å². The van der Waals surface area contributed by atoms with Gasteiger partial charge in [0.1, 0.15) is 11.8 Å². The van der Waals surface area contributed by atoms with Crippen molar-refractivity contribution < 1.29 is 14.3 Å². The van der Waals surface area contributed by atoms with E-state index in [9.17, 15) is 9.59 Å². The number of methoxy groups -OCH3 is 1. The number of benzene rings is 2. The number of ether oxygens (including phenoxy) is 1. The van der Waals surface area contributed by atoms with Crippen molar-refractivity contribution in [1.29, 1.82) is 0 Å². The van der Waals surface area contributed by atoms with Crippen molar-refractivity contribution in [3.05, 3.63) is 60.2 Å². The van der Waals surface area contributed by atoms with Crippen LogP contribution in [0.5, 0.6) is 5.75 Å². The van der Waals surface area contributed by atoms with Gasteiger partial charge >= 0.3 is 0 Å². The zero-order valence-corrected chi connectivity index (χ0v) is 15.4. The summed E-state index contributed by atoms with van der Waals surface area (Å²) in [6, 6.07) is 16.6. The minimum Gasteiger partial charge on any atom is -0.497 e. The fraction of sp³-hybridized carbons (Fsp3) is 0.333. The second-order valence-electron chi connectivity index (χ2n) is 6.75. The molecular weight excluding hydrogens is 342 g/mol. The first-order valence-electron chi connectivity index (χ1n) is 9.11. The second kappa shape index (κ2) is 8.68. The van der Waals surface area contributed by atoms with E-state index in [1.165, 1.54) is 0 Å². The van der Waals surface area contributed by atoms with Crippen LogP contribution in [0.3, 0.4) is 0 Å². The summed E-state index contributed by atoms with van der Waals surface area (Å²) in [5.41, 5.74) is 7.05. The van der Waals surface area contributed by atoms with Crippen molar-refractivity contribution in [2.75, 3.05) is 25.5 Å². The molecule has 0 saturated carbocycles. The van der Waals surface area contributed by atoms with E-state index in [0.717, 1.165) is 5.56 Å². The standard InChI is InChI=1S/C21H25N3O3/c1-27-18-9-5-8-17(14-18)23-21(26)19(15-6-3-2-4-7-15)24-12-10-16(11-13-24)20(22)25/h2-9,14,16,19H,10-13H2,1H3,(H2,22,25)(H,23,26)/t19-/m1/s1. The maximum absolute atomic E-state index is 13.1. The lowest BCUT2D eigenvalue weighted by atomic mass is 9.93. The van der Waals surface area contributed by atoms with Gasteiger partial charge in [-0.2, -0.15) is 0 Å². The van der Waals surface area contributed by atoms with E-state index in [4.69, 9.17) is 10.5 Å². The molecule has 1 heterocycles. The highest BCUT2D eigenvalue weighted by molar-refractivity contribution is 5.95. The first-order valence-corrected chi connectivity index (χ1v) is 9.11. The number of carbonyl (C=O) groups excluding carboxylic acids is 2. The molecule has 0 aliphatic carbocycles. The average Bonchev–Trinajstić information content (AvgIpc) is 2.69. The van der Waals surface area contributed by atoms with Crippen LogP contribution in [-0.2, 0) is 9.59 Å². The van der Waals surface area contributed by atoms with Gasteiger partial charge in [-0.25, -0.2) is 0 Å². The van der Waals surface area contributed by atoms with Crippen LogP contribution in [0.1, 0.15) is 24.4 Å². The Morgan fingerprint density at radius 3 is 2.44 bits per heavy atom. The molecule has 142 valence electrons. The number of carbonyl (C=O) groups is 2. The third-order valence-electron chi connectivity index (χ3n) is 5.00. The van der Waals surface area contributed by atoms with Crippen LogP contribution in [0.25, 0.3) is 0 Å². The van der Waals surface area contributed by atoms with Gasteiger partial charge in [0, 0.05) is 17.7 Å². The molecule has 0 aromatic heterocycles. The molecule has 2 amide bonds. The van der Waals surface area contributed by atoms with E-state index < -0.39 is 6.04 Å². The number of amides is 2. The van der Waals surface area contributed by atoms with Gasteiger partial charge in [-0.05, 0) is 43.6 Å². The summed E-state index contributed by atoms with van der Waals surface area (Å²) in [7, 11) is 1.59. The maximum Gasteiger partial charge on any atom is 0.246 e. The molecule has 3 N–H and O–H groups in total. The highest BCUT2D eigenvalue weighted by atomic mass is 16.5. The molecule has 0 radical (unpaired) electrons. The summed E-state index contributed by atoms with van der Waals surface area (Å²) < 4.78 is 5.23. The van der Waals surface area contributed by atoms with Crippen LogP contribution in [0, 0.1) is 5.92 Å². The number of hydrogen-bond acceptors (Lipinski definition) is 4. The van der Waals surface area contributed by atoms with Gasteiger partial charge in [0.15, 0.2) is 0 Å². The van der Waals surface area contributed by atoms with E-state index in [1.54, 1.807) is 13.2 Å². The summed E-state index contributed by atoms with van der Waals surface area (Å²) in [5, 5.41) is 2.99. The molecule has 27 heavy (non-hydrogen) atoms. The predicted octanol–water partition coefficient (Wildman–Crippen LogP) is 2.57. The van der Waals surface area contributed by atoms with Gasteiger partial charge in [-0.15, -0.1) is 0 Å². The molecule has 2 aromatic rings. The summed E-state index contributed by atoms with van der Waals surface area (Å²) >= 11 is 0. The van der Waals surface area contributed by atoms with Crippen LogP contribution in [-0.4, -0.2) is 36.9 Å². The monoisotopic (exact) mass is 367 g/mol. The van der Waals surface area contributed by atoms with Crippen molar-refractivity contribution in [3.8, 4) is 5.75 Å². The van der Waals surface area contributed by atoms with Crippen molar-refractivity contribution >= 4 is 17.5 Å². The number of rotatable bonds is 6. The normalized spacial score (nSPS) is 16.5. The smallest absolute Gasteiger partial charge is 0.246 e. The summed E-state index contributed by atoms with van der Waals surface area (Å²) in [6.07, 6.45) is 1.34. The minimum atomic E-state index is -0.425. The quantitative estimate of drug-likeness (QED) is 0.822. The lowest BCUT2D eigenvalue weighted by Crippen LogP contribution is -2.44. The van der Waals surface area contributed by atoms with Gasteiger partial charge in [-0.3, -0.25) is 14.5 Å². The molecule has 1 aliphatic heterocycles. The SMILES string of the molecule is COc1cccc(NC(=O)[C@@H](c2ccccc2)N2CCC(C(N)=O)CC2)c1. The first kappa shape index (κ1) is 18.9. The Labute approximate surface area is 159 Å². The third kappa shape index (κ3) is 4.65. The Hall–Kier alpha value is -2.86. The van der Waals surface area contributed by atoms with Crippen LogP contribution in [0.2, 0.25) is 0 Å². The molecule has 2 aromatic carbocycles. The number of nitrogens with two attached hydrogens (primary N) is 1. The lowest BCUT2D eigenvalue weighted by Gasteiger charge is -2.36. The Balaban J connectivity index is 1.80. The second-order valence-corrected chi connectivity index (χ2v) is 6.75. The molecule has 1 aliphatic rings. The van der Waals surface area contributed by atoms with Crippen LogP contribution < -0.4 is 15.8 Å². The Kier molecular flexibility index (Phi) is 6.08. The molecule has 3 rings (SSSR count). The molecule has 1 fully saturated rings. The fourth-order valence-electron chi connectivity index (χ4n) is 3.52. The van der Waals surface area contributed by atoms with Crippen molar-refractivity contribution in [2.45, 2.75) is 18.9 Å². The number of anilines is 1. The molecule has 0 unspecified atom stereocenters. The Morgan fingerprint density at radius 2 is 1.81 bits per heavy atom. The Morgan fingerprint density at radius 1 is 1.11 bits per heavy atom. The molecule has 1 atom stereocenters. The fourth-order valence-corrected chi connectivity index (χ4v) is 3.52. The van der Waals surface area contributed by atoms with E-state index in [0.29, 0.717) is 37.4 Å². The summed E-state index contributed by atoms with van der Waals surface area (Å²) in [4.78, 5) is 26.7. The van der Waals surface area contributed by atoms with Crippen molar-refractivity contribution in [2.24, 2.45) is 11.7 Å². The number of piperidine rings is 1. The molecule has 6 heteroatoms. The number of primary amides is 1. The van der Waals surface area contributed by atoms with Gasteiger partial charge in [0.05, 0.1) is 7.11 Å². The van der Waals surface area contributed by atoms with E-state index in [-0.39, 0.29) is 17.7 Å². The molecule has 0 bridgehead atoms. The Bertz CT molecular complexity index is 786. The highest BCUT2D eigenvalue weighted by Gasteiger charge is 2.32. The zero-order valence-electron chi connectivity index (χ0n) is 15.4. The third-order valence-corrected chi connectivity index (χ3v) is 5.00. The first-order chi connectivity index (χ1) is 13.1. The van der Waals surface area contributed by atoms with E-state index in [2.05, 4.69) is 10.2 Å². The number of nitrogens with one attached hydrogen (secondary N) is 1. The van der Waals surface area contributed by atoms with Crippen molar-refractivity contribution in [1.82, 2.24) is 4.90 Å². The van der Waals surface area contributed by atoms with Gasteiger partial charge in [0.25, 0.3) is 0 Å². The van der Waals surface area contributed by atoms with Crippen molar-refractivity contribution in [3.63, 3.8) is 0 Å². The van der Waals surface area contributed by atoms with E-state index in [1.807, 2.05) is 48.5 Å². The molecule has 1 saturated heterocycles. The predicted molar refractivity (Wildman–Crippen MR) is 104 cm³/mol. The molecular formula is C21H25N3O3. The minimum absolute atomic E-state index is 0.105. The largest absolute Gasteiger partial charge is 0.497 e. The zero-order chi connectivity index (χ0) is 19.2. The number of hydrogen-bond donors (Lipinski definition) is 2. The van der Waals surface area contributed by atoms with Gasteiger partial charge in [-0.1, -0.05) is 36.4 Å². The summed E-state index contributed by atoms with van der Waals surface area (Å²) in [6.45, 7) is 1.30. The topological polar surface area (TPSA) is 84.7 Å². The van der Waals surface area contributed by atoms with E-state index >= 15 is 0 Å².